The Morgan fingerprint density at radius 2 is 1.61 bits per heavy atom. The minimum absolute atomic E-state index is 0.0394. The van der Waals surface area contributed by atoms with Crippen LogP contribution in [0.1, 0.15) is 130 Å². The van der Waals surface area contributed by atoms with Gasteiger partial charge in [0.1, 0.15) is 6.10 Å². The van der Waals surface area contributed by atoms with Crippen molar-refractivity contribution in [2.75, 3.05) is 6.61 Å². The molecule has 0 saturated heterocycles. The molecule has 46 heavy (non-hydrogen) atoms. The lowest BCUT2D eigenvalue weighted by Crippen LogP contribution is -2.73. The molecule has 6 fully saturated rings. The molecule has 0 radical (unpaired) electrons. The van der Waals surface area contributed by atoms with E-state index in [1.165, 1.54) is 5.57 Å². The van der Waals surface area contributed by atoms with Gasteiger partial charge >= 0.3 is 0 Å². The summed E-state index contributed by atoms with van der Waals surface area (Å²) in [5, 5.41) is 58.1. The molecule has 6 nitrogen and oxygen atoms in total. The maximum atomic E-state index is 15.2. The number of carbonyl (C=O) groups is 1. The second kappa shape index (κ2) is 10.2. The monoisotopic (exact) mass is 634 g/mol. The van der Waals surface area contributed by atoms with E-state index in [-0.39, 0.29) is 45.2 Å². The van der Waals surface area contributed by atoms with E-state index in [2.05, 4.69) is 25.7 Å². The maximum absolute atomic E-state index is 15.2. The number of hydrogen-bond acceptors (Lipinski definition) is 6. The second-order valence-corrected chi connectivity index (χ2v) is 18.7. The van der Waals surface area contributed by atoms with Crippen molar-refractivity contribution < 1.29 is 30.3 Å². The summed E-state index contributed by atoms with van der Waals surface area (Å²) >= 11 is 0. The third-order valence-electron chi connectivity index (χ3n) is 17.4. The van der Waals surface area contributed by atoms with Gasteiger partial charge in [0.25, 0.3) is 0 Å². The van der Waals surface area contributed by atoms with Gasteiger partial charge in [0.2, 0.25) is 0 Å². The van der Waals surface area contributed by atoms with E-state index in [0.29, 0.717) is 12.8 Å². The molecule has 0 aliphatic heterocycles. The summed E-state index contributed by atoms with van der Waals surface area (Å²) < 4.78 is 0. The summed E-state index contributed by atoms with van der Waals surface area (Å²) in [6, 6.07) is 0. The number of fused-ring (bicyclic) bond motifs is 4. The summed E-state index contributed by atoms with van der Waals surface area (Å²) in [6.45, 7) is 6.38. The van der Waals surface area contributed by atoms with Gasteiger partial charge in [-0.3, -0.25) is 4.79 Å². The van der Waals surface area contributed by atoms with E-state index in [9.17, 15) is 25.5 Å². The first kappa shape index (κ1) is 32.0. The largest absolute Gasteiger partial charge is 0.394 e. The van der Waals surface area contributed by atoms with Crippen LogP contribution in [-0.2, 0) is 4.79 Å². The number of carbonyl (C=O) groups excluding carboxylic acids is 1. The fourth-order valence-electron chi connectivity index (χ4n) is 15.7. The molecule has 0 heterocycles. The number of aliphatic hydroxyl groups excluding tert-OH is 5. The number of rotatable bonds is 2. The average molecular weight is 635 g/mol. The molecule has 0 amide bonds. The van der Waals surface area contributed by atoms with Gasteiger partial charge in [-0.05, 0) is 122 Å². The molecule has 13 atom stereocenters. The van der Waals surface area contributed by atoms with Crippen LogP contribution < -0.4 is 0 Å². The zero-order valence-corrected chi connectivity index (χ0v) is 28.5. The lowest BCUT2D eigenvalue weighted by atomic mass is 9.29. The van der Waals surface area contributed by atoms with Gasteiger partial charge in [0.15, 0.2) is 5.78 Å². The second-order valence-electron chi connectivity index (χ2n) is 18.7. The number of aliphatic hydroxyl groups is 5. The lowest BCUT2D eigenvalue weighted by molar-refractivity contribution is -0.263. The molecule has 4 bridgehead atoms. The van der Waals surface area contributed by atoms with Crippen molar-refractivity contribution in [1.82, 2.24) is 0 Å². The van der Waals surface area contributed by atoms with Crippen molar-refractivity contribution in [2.24, 2.45) is 55.7 Å². The smallest absolute Gasteiger partial charge is 0.159 e. The molecule has 5 N–H and O–H groups in total. The number of ketones is 1. The van der Waals surface area contributed by atoms with Crippen LogP contribution in [0.5, 0.6) is 0 Å². The van der Waals surface area contributed by atoms with Crippen molar-refractivity contribution >= 4 is 5.78 Å². The Hall–Kier alpha value is -1.23. The van der Waals surface area contributed by atoms with Crippen LogP contribution in [-0.4, -0.2) is 62.3 Å². The number of hydrogen-bond donors (Lipinski definition) is 5. The summed E-state index contributed by atoms with van der Waals surface area (Å²) in [4.78, 5) is 15.2. The molecule has 3 spiro atoms. The Morgan fingerprint density at radius 1 is 0.891 bits per heavy atom. The zero-order chi connectivity index (χ0) is 32.5. The Kier molecular flexibility index (Phi) is 7.07. The van der Waals surface area contributed by atoms with Gasteiger partial charge in [-0.15, -0.1) is 5.92 Å². The maximum Gasteiger partial charge on any atom is 0.159 e. The van der Waals surface area contributed by atoms with Crippen molar-refractivity contribution in [3.05, 3.63) is 11.6 Å². The third-order valence-corrected chi connectivity index (χ3v) is 17.4. The first-order chi connectivity index (χ1) is 21.8. The van der Waals surface area contributed by atoms with E-state index in [4.69, 9.17) is 0 Å². The highest BCUT2D eigenvalue weighted by Crippen LogP contribution is 2.81. The van der Waals surface area contributed by atoms with Crippen LogP contribution >= 0.6 is 0 Å². The summed E-state index contributed by atoms with van der Waals surface area (Å²) in [5.74, 6) is 6.46. The van der Waals surface area contributed by atoms with E-state index < -0.39 is 47.3 Å². The minimum atomic E-state index is -1.04. The molecule has 0 unspecified atom stereocenters. The Bertz CT molecular complexity index is 1380. The molecule has 6 heteroatoms. The van der Waals surface area contributed by atoms with Crippen LogP contribution in [0.15, 0.2) is 11.6 Å². The standard InChI is InChI=1S/C40H58O6/c1-34-13-5-4-10-30(44)40(37(24-34)14-6-7-15-37)26(21-34)25-20-27(42)33-38-16-8-9-17-39(33,35(25,2)22-31(40)45)19-11-28(38)36(3,32(46)23-41)29(43)12-18-38/h20,26,28-33,41,43-46H,5-9,11-19,21-24H2,1-3H3/t26-,28-,29+,30+,31+,32-,33-,34-,35-,36+,38+,39-,40-/m1/s1. The van der Waals surface area contributed by atoms with E-state index >= 15 is 4.79 Å². The third kappa shape index (κ3) is 3.56. The summed E-state index contributed by atoms with van der Waals surface area (Å²) in [7, 11) is 0. The minimum Gasteiger partial charge on any atom is -0.394 e. The fraction of sp³-hybridized carbons (Fsp3) is 0.875. The van der Waals surface area contributed by atoms with Gasteiger partial charge in [0, 0.05) is 23.2 Å². The highest BCUT2D eigenvalue weighted by Gasteiger charge is 2.78. The quantitative estimate of drug-likeness (QED) is 0.257. The molecule has 0 aromatic carbocycles. The normalized spacial score (nSPS) is 54.3. The number of allylic oxidation sites excluding steroid dienone is 2. The van der Waals surface area contributed by atoms with Crippen molar-refractivity contribution in [3.63, 3.8) is 0 Å². The highest BCUT2D eigenvalue weighted by molar-refractivity contribution is 5.96. The van der Waals surface area contributed by atoms with Crippen LogP contribution in [0.25, 0.3) is 0 Å². The predicted octanol–water partition coefficient (Wildman–Crippen LogP) is 5.47. The molecule has 9 rings (SSSR count). The predicted molar refractivity (Wildman–Crippen MR) is 175 cm³/mol. The van der Waals surface area contributed by atoms with Gasteiger partial charge < -0.3 is 25.5 Å². The van der Waals surface area contributed by atoms with Crippen LogP contribution in [0.3, 0.4) is 0 Å². The highest BCUT2D eigenvalue weighted by atomic mass is 16.3. The Balaban J connectivity index is 1.34. The Morgan fingerprint density at radius 3 is 2.35 bits per heavy atom. The Labute approximate surface area is 275 Å². The molecule has 254 valence electrons. The first-order valence-corrected chi connectivity index (χ1v) is 18.9. The van der Waals surface area contributed by atoms with Gasteiger partial charge in [-0.1, -0.05) is 57.9 Å². The molecular formula is C40H58O6. The van der Waals surface area contributed by atoms with Gasteiger partial charge in [-0.25, -0.2) is 0 Å². The summed E-state index contributed by atoms with van der Waals surface area (Å²) in [5.41, 5.74) is -1.67. The average Bonchev–Trinajstić information content (AvgIpc) is 3.46. The van der Waals surface area contributed by atoms with Crippen molar-refractivity contribution in [3.8, 4) is 11.8 Å². The van der Waals surface area contributed by atoms with Crippen LogP contribution in [0.2, 0.25) is 0 Å². The molecular weight excluding hydrogens is 576 g/mol. The van der Waals surface area contributed by atoms with Gasteiger partial charge in [0.05, 0.1) is 24.9 Å². The SMILES string of the molecule is C[C@@]12CCC#C[C@H](O)[C@@]3([C@H](C1)C1=CC(=O)[C@@H]4[C@]56CCCC[C@]4(CC[C@@H]5[C@](C)([C@H](O)CO)[C@@H](O)CC6)[C@]1(C)C[C@@H]3O)C1(CCCC1)C2. The van der Waals surface area contributed by atoms with E-state index in [0.717, 1.165) is 96.3 Å². The lowest BCUT2D eigenvalue weighted by Gasteiger charge is -2.74. The van der Waals surface area contributed by atoms with Gasteiger partial charge in [-0.2, -0.15) is 0 Å². The molecule has 0 aromatic heterocycles. The fourth-order valence-corrected chi connectivity index (χ4v) is 15.7. The molecule has 9 aliphatic rings. The topological polar surface area (TPSA) is 118 Å². The zero-order valence-electron chi connectivity index (χ0n) is 28.5. The molecule has 6 saturated carbocycles. The van der Waals surface area contributed by atoms with Crippen molar-refractivity contribution in [1.29, 1.82) is 0 Å². The first-order valence-electron chi connectivity index (χ1n) is 18.9. The molecule has 9 aliphatic carbocycles. The molecule has 0 aromatic rings. The van der Waals surface area contributed by atoms with Crippen LogP contribution in [0.4, 0.5) is 0 Å². The summed E-state index contributed by atoms with van der Waals surface area (Å²) in [6.07, 6.45) is 13.9. The van der Waals surface area contributed by atoms with Crippen molar-refractivity contribution in [2.45, 2.75) is 154 Å². The van der Waals surface area contributed by atoms with E-state index in [1.54, 1.807) is 0 Å². The van der Waals surface area contributed by atoms with E-state index in [1.807, 2.05) is 13.0 Å². The van der Waals surface area contributed by atoms with Crippen LogP contribution in [0, 0.1) is 67.5 Å².